The fourth-order valence-electron chi connectivity index (χ4n) is 2.09. The number of nitrogens with one attached hydrogen (secondary N) is 1. The van der Waals surface area contributed by atoms with E-state index >= 15 is 0 Å². The van der Waals surface area contributed by atoms with Gasteiger partial charge in [0.1, 0.15) is 16.9 Å². The summed E-state index contributed by atoms with van der Waals surface area (Å²) in [5.74, 6) is 0.692. The summed E-state index contributed by atoms with van der Waals surface area (Å²) in [5, 5.41) is 0.834. The summed E-state index contributed by atoms with van der Waals surface area (Å²) in [5.41, 5.74) is 7.25. The Kier molecular flexibility index (Phi) is 4.43. The van der Waals surface area contributed by atoms with Crippen LogP contribution in [-0.2, 0) is 0 Å². The second-order valence-corrected chi connectivity index (χ2v) is 5.00. The zero-order valence-electron chi connectivity index (χ0n) is 12.8. The van der Waals surface area contributed by atoms with Gasteiger partial charge in [-0.25, -0.2) is 4.98 Å². The molecule has 0 fully saturated rings. The first-order chi connectivity index (χ1) is 10.1. The zero-order chi connectivity index (χ0) is 15.6. The fourth-order valence-corrected chi connectivity index (χ4v) is 2.09. The van der Waals surface area contributed by atoms with Crippen molar-refractivity contribution in [1.29, 1.82) is 0 Å². The van der Waals surface area contributed by atoms with Gasteiger partial charge in [-0.2, -0.15) is 0 Å². The number of hydrogen-bond acceptors (Lipinski definition) is 4. The van der Waals surface area contributed by atoms with Gasteiger partial charge in [0.25, 0.3) is 5.56 Å². The zero-order valence-corrected chi connectivity index (χ0v) is 12.8. The summed E-state index contributed by atoms with van der Waals surface area (Å²) >= 11 is 0. The van der Waals surface area contributed by atoms with Crippen molar-refractivity contribution >= 4 is 22.1 Å². The minimum Gasteiger partial charge on any atom is -0.449 e. The number of nitrogens with zero attached hydrogens (tertiary/aromatic N) is 1. The Bertz CT molecular complexity index is 802. The highest BCUT2D eigenvalue weighted by molar-refractivity contribution is 6.01. The van der Waals surface area contributed by atoms with Gasteiger partial charge in [-0.05, 0) is 18.1 Å². The third kappa shape index (κ3) is 2.69. The lowest BCUT2D eigenvalue weighted by Crippen LogP contribution is -2.23. The maximum Gasteiger partial charge on any atom is 0.294 e. The number of hydrogen-bond donors (Lipinski definition) is 2. The fraction of sp³-hybridized carbons (Fsp3) is 0.375. The average molecular weight is 287 g/mol. The van der Waals surface area contributed by atoms with E-state index in [9.17, 15) is 4.79 Å². The number of H-pyrrole nitrogens is 1. The van der Waals surface area contributed by atoms with Crippen molar-refractivity contribution in [3.8, 4) is 0 Å². The molecule has 1 unspecified atom stereocenters. The highest BCUT2D eigenvalue weighted by atomic mass is 16.3. The molecule has 0 aliphatic heterocycles. The van der Waals surface area contributed by atoms with Gasteiger partial charge in [-0.1, -0.05) is 39.8 Å². The van der Waals surface area contributed by atoms with Gasteiger partial charge in [0, 0.05) is 5.39 Å². The number of para-hydroxylation sites is 1. The molecule has 5 heteroatoms. The van der Waals surface area contributed by atoms with Gasteiger partial charge >= 0.3 is 0 Å². The number of fused-ring (bicyclic) bond motifs is 3. The van der Waals surface area contributed by atoms with E-state index in [4.69, 9.17) is 10.2 Å². The van der Waals surface area contributed by atoms with Gasteiger partial charge in [-0.3, -0.25) is 4.79 Å². The molecule has 0 spiro atoms. The van der Waals surface area contributed by atoms with Gasteiger partial charge in [0.2, 0.25) is 5.58 Å². The van der Waals surface area contributed by atoms with Crippen LogP contribution in [0.1, 0.15) is 39.6 Å². The number of aromatic amines is 1. The Morgan fingerprint density at radius 3 is 2.57 bits per heavy atom. The maximum atomic E-state index is 12.1. The summed E-state index contributed by atoms with van der Waals surface area (Å²) in [6.45, 7) is 7.98. The van der Waals surface area contributed by atoms with Crippen LogP contribution in [-0.4, -0.2) is 9.97 Å². The van der Waals surface area contributed by atoms with Crippen LogP contribution < -0.4 is 11.3 Å². The van der Waals surface area contributed by atoms with Gasteiger partial charge in [0.05, 0.1) is 6.04 Å². The van der Waals surface area contributed by atoms with E-state index in [-0.39, 0.29) is 23.1 Å². The Labute approximate surface area is 123 Å². The van der Waals surface area contributed by atoms with Crippen molar-refractivity contribution in [2.45, 2.75) is 33.7 Å². The predicted octanol–water partition coefficient (Wildman–Crippen LogP) is 3.35. The summed E-state index contributed by atoms with van der Waals surface area (Å²) < 4.78 is 5.53. The number of aromatic nitrogens is 2. The Morgan fingerprint density at radius 1 is 1.24 bits per heavy atom. The monoisotopic (exact) mass is 287 g/mol. The molecule has 2 aromatic heterocycles. The highest BCUT2D eigenvalue weighted by Gasteiger charge is 2.18. The molecule has 1 atom stereocenters. The molecular weight excluding hydrogens is 266 g/mol. The number of nitrogens with two attached hydrogens (primary N) is 1. The summed E-state index contributed by atoms with van der Waals surface area (Å²) in [6.07, 6.45) is 0. The van der Waals surface area contributed by atoms with Crippen LogP contribution in [0.3, 0.4) is 0 Å². The Morgan fingerprint density at radius 2 is 1.90 bits per heavy atom. The summed E-state index contributed by atoms with van der Waals surface area (Å²) in [7, 11) is 0. The van der Waals surface area contributed by atoms with Crippen LogP contribution >= 0.6 is 0 Å². The van der Waals surface area contributed by atoms with Crippen molar-refractivity contribution in [2.24, 2.45) is 11.7 Å². The molecule has 0 aliphatic rings. The van der Waals surface area contributed by atoms with Gasteiger partial charge in [0.15, 0.2) is 0 Å². The third-order valence-corrected chi connectivity index (χ3v) is 3.28. The summed E-state index contributed by atoms with van der Waals surface area (Å²) in [4.78, 5) is 19.2. The van der Waals surface area contributed by atoms with E-state index in [1.807, 2.05) is 52.0 Å². The van der Waals surface area contributed by atoms with E-state index in [1.54, 1.807) is 0 Å². The van der Waals surface area contributed by atoms with Crippen molar-refractivity contribution in [2.75, 3.05) is 0 Å². The van der Waals surface area contributed by atoms with Crippen LogP contribution in [0, 0.1) is 5.92 Å². The van der Waals surface area contributed by atoms with E-state index in [0.717, 1.165) is 5.39 Å². The van der Waals surface area contributed by atoms with Gasteiger partial charge < -0.3 is 15.1 Å². The Balaban J connectivity index is 0.000000774. The van der Waals surface area contributed by atoms with E-state index < -0.39 is 0 Å². The molecule has 0 amide bonds. The van der Waals surface area contributed by atoms with Crippen molar-refractivity contribution in [3.05, 3.63) is 40.4 Å². The highest BCUT2D eigenvalue weighted by Crippen LogP contribution is 2.25. The molecule has 21 heavy (non-hydrogen) atoms. The second-order valence-electron chi connectivity index (χ2n) is 5.00. The normalized spacial score (nSPS) is 12.5. The molecule has 3 N–H and O–H groups in total. The molecule has 112 valence electrons. The average Bonchev–Trinajstić information content (AvgIpc) is 2.88. The van der Waals surface area contributed by atoms with Gasteiger partial charge in [-0.15, -0.1) is 0 Å². The molecule has 0 aliphatic carbocycles. The number of furan rings is 1. The largest absolute Gasteiger partial charge is 0.449 e. The third-order valence-electron chi connectivity index (χ3n) is 3.28. The minimum atomic E-state index is -0.300. The van der Waals surface area contributed by atoms with Crippen LogP contribution in [0.25, 0.3) is 22.1 Å². The topological polar surface area (TPSA) is 84.9 Å². The summed E-state index contributed by atoms with van der Waals surface area (Å²) in [6, 6.07) is 7.16. The predicted molar refractivity (Wildman–Crippen MR) is 85.3 cm³/mol. The first kappa shape index (κ1) is 15.3. The van der Waals surface area contributed by atoms with Crippen LogP contribution in [0.5, 0.6) is 0 Å². The molecule has 0 radical (unpaired) electrons. The smallest absolute Gasteiger partial charge is 0.294 e. The van der Waals surface area contributed by atoms with Crippen LogP contribution in [0.4, 0.5) is 0 Å². The van der Waals surface area contributed by atoms with E-state index in [1.165, 1.54) is 0 Å². The second kappa shape index (κ2) is 6.10. The lowest BCUT2D eigenvalue weighted by atomic mass is 10.1. The van der Waals surface area contributed by atoms with Crippen molar-refractivity contribution in [3.63, 3.8) is 0 Å². The SMILES string of the molecule is CC.CC(C)C(N)c1nc2c(oc3ccccc32)c(=O)[nH]1. The first-order valence-electron chi connectivity index (χ1n) is 7.25. The molecular formula is C16H21N3O2. The molecule has 0 saturated heterocycles. The van der Waals surface area contributed by atoms with Crippen LogP contribution in [0.15, 0.2) is 33.5 Å². The number of rotatable bonds is 2. The quantitative estimate of drug-likeness (QED) is 0.757. The Hall–Kier alpha value is -2.14. The molecule has 1 aromatic carbocycles. The lowest BCUT2D eigenvalue weighted by molar-refractivity contribution is 0.490. The number of benzene rings is 1. The van der Waals surface area contributed by atoms with Crippen LogP contribution in [0.2, 0.25) is 0 Å². The molecule has 0 saturated carbocycles. The molecule has 2 heterocycles. The first-order valence-corrected chi connectivity index (χ1v) is 7.25. The van der Waals surface area contributed by atoms with E-state index in [2.05, 4.69) is 9.97 Å². The minimum absolute atomic E-state index is 0.193. The van der Waals surface area contributed by atoms with E-state index in [0.29, 0.717) is 16.9 Å². The molecule has 5 nitrogen and oxygen atoms in total. The van der Waals surface area contributed by atoms with Crippen molar-refractivity contribution in [1.82, 2.24) is 9.97 Å². The van der Waals surface area contributed by atoms with Crippen molar-refractivity contribution < 1.29 is 4.42 Å². The molecule has 3 rings (SSSR count). The molecule has 0 bridgehead atoms. The maximum absolute atomic E-state index is 12.1. The lowest BCUT2D eigenvalue weighted by Gasteiger charge is -2.13. The molecule has 3 aromatic rings. The standard InChI is InChI=1S/C14H15N3O2.C2H6/c1-7(2)10(15)13-16-11-8-5-3-4-6-9(8)19-12(11)14(18)17-13;1-2/h3-7,10H,15H2,1-2H3,(H,16,17,18);1-2H3.